The molecule has 1 aromatic heterocycles. The zero-order chi connectivity index (χ0) is 11.8. The molecule has 1 fully saturated rings. The zero-order valence-corrected chi connectivity index (χ0v) is 10.2. The third-order valence-electron chi connectivity index (χ3n) is 3.04. The monoisotopic (exact) mass is 221 g/mol. The van der Waals surface area contributed by atoms with Crippen LogP contribution in [0.4, 0.5) is 5.82 Å². The van der Waals surface area contributed by atoms with Crippen molar-refractivity contribution in [3.63, 3.8) is 0 Å². The molecule has 4 nitrogen and oxygen atoms in total. The van der Waals surface area contributed by atoms with Crippen molar-refractivity contribution in [2.45, 2.75) is 39.2 Å². The van der Waals surface area contributed by atoms with Crippen molar-refractivity contribution in [3.05, 3.63) is 17.6 Å². The maximum absolute atomic E-state index is 10.1. The van der Waals surface area contributed by atoms with E-state index in [9.17, 15) is 5.11 Å². The van der Waals surface area contributed by atoms with Crippen molar-refractivity contribution in [2.75, 3.05) is 18.0 Å². The number of rotatable bonds is 3. The van der Waals surface area contributed by atoms with Gasteiger partial charge in [-0.15, -0.1) is 0 Å². The quantitative estimate of drug-likeness (QED) is 0.839. The second-order valence-corrected chi connectivity index (χ2v) is 4.75. The summed E-state index contributed by atoms with van der Waals surface area (Å²) < 4.78 is 0. The van der Waals surface area contributed by atoms with Crippen LogP contribution in [-0.4, -0.2) is 33.8 Å². The molecule has 1 aliphatic rings. The number of β-amino-alcohol motifs (C(OH)–C–C–N with tert-alkyl or cyclic N) is 1. The van der Waals surface area contributed by atoms with Gasteiger partial charge in [0.15, 0.2) is 5.82 Å². The van der Waals surface area contributed by atoms with E-state index in [1.807, 2.05) is 13.8 Å². The standard InChI is InChI=1S/C12H19N3O/c1-4-5-12(16)7-15(8-12)11-10(3)13-6-9(2)14-11/h6,16H,4-5,7-8H2,1-3H3. The van der Waals surface area contributed by atoms with Crippen LogP contribution in [0.1, 0.15) is 31.2 Å². The summed E-state index contributed by atoms with van der Waals surface area (Å²) in [5.74, 6) is 0.917. The van der Waals surface area contributed by atoms with E-state index >= 15 is 0 Å². The fourth-order valence-corrected chi connectivity index (χ4v) is 2.26. The zero-order valence-electron chi connectivity index (χ0n) is 10.2. The van der Waals surface area contributed by atoms with Gasteiger partial charge in [-0.2, -0.15) is 0 Å². The molecule has 2 rings (SSSR count). The SMILES string of the molecule is CCCC1(O)CN(c2nc(C)cnc2C)C1. The van der Waals surface area contributed by atoms with Crippen LogP contribution in [0.2, 0.25) is 0 Å². The van der Waals surface area contributed by atoms with Crippen LogP contribution in [0.15, 0.2) is 6.20 Å². The summed E-state index contributed by atoms with van der Waals surface area (Å²) in [5.41, 5.74) is 1.35. The molecule has 4 heteroatoms. The predicted molar refractivity (Wildman–Crippen MR) is 63.6 cm³/mol. The first-order valence-corrected chi connectivity index (χ1v) is 5.82. The Morgan fingerprint density at radius 3 is 2.75 bits per heavy atom. The Hall–Kier alpha value is -1.16. The summed E-state index contributed by atoms with van der Waals surface area (Å²) in [5, 5.41) is 10.1. The minimum Gasteiger partial charge on any atom is -0.386 e. The van der Waals surface area contributed by atoms with Gasteiger partial charge in [0.2, 0.25) is 0 Å². The average molecular weight is 221 g/mol. The molecule has 0 saturated carbocycles. The summed E-state index contributed by atoms with van der Waals surface area (Å²) in [6.07, 6.45) is 3.65. The number of aryl methyl sites for hydroxylation is 2. The molecule has 1 saturated heterocycles. The Balaban J connectivity index is 2.09. The first kappa shape index (κ1) is 11.3. The van der Waals surface area contributed by atoms with Crippen molar-refractivity contribution in [1.29, 1.82) is 0 Å². The van der Waals surface area contributed by atoms with Crippen molar-refractivity contribution in [1.82, 2.24) is 9.97 Å². The van der Waals surface area contributed by atoms with Gasteiger partial charge >= 0.3 is 0 Å². The van der Waals surface area contributed by atoms with Crippen LogP contribution < -0.4 is 4.90 Å². The smallest absolute Gasteiger partial charge is 0.150 e. The highest BCUT2D eigenvalue weighted by Gasteiger charge is 2.41. The topological polar surface area (TPSA) is 49.2 Å². The van der Waals surface area contributed by atoms with Crippen molar-refractivity contribution < 1.29 is 5.11 Å². The largest absolute Gasteiger partial charge is 0.386 e. The highest BCUT2D eigenvalue weighted by atomic mass is 16.3. The summed E-state index contributed by atoms with van der Waals surface area (Å²) in [6, 6.07) is 0. The van der Waals surface area contributed by atoms with Crippen molar-refractivity contribution >= 4 is 5.82 Å². The van der Waals surface area contributed by atoms with E-state index in [-0.39, 0.29) is 0 Å². The van der Waals surface area contributed by atoms with Gasteiger partial charge < -0.3 is 10.0 Å². The molecule has 0 aliphatic carbocycles. The van der Waals surface area contributed by atoms with Crippen LogP contribution in [0, 0.1) is 13.8 Å². The highest BCUT2D eigenvalue weighted by Crippen LogP contribution is 2.30. The maximum atomic E-state index is 10.1. The fraction of sp³-hybridized carbons (Fsp3) is 0.667. The van der Waals surface area contributed by atoms with Crippen LogP contribution in [0.25, 0.3) is 0 Å². The van der Waals surface area contributed by atoms with E-state index in [4.69, 9.17) is 0 Å². The molecule has 88 valence electrons. The molecule has 0 atom stereocenters. The summed E-state index contributed by atoms with van der Waals surface area (Å²) in [7, 11) is 0. The van der Waals surface area contributed by atoms with Crippen molar-refractivity contribution in [2.24, 2.45) is 0 Å². The first-order chi connectivity index (χ1) is 7.54. The number of hydrogen-bond acceptors (Lipinski definition) is 4. The molecule has 1 N–H and O–H groups in total. The van der Waals surface area contributed by atoms with Gasteiger partial charge in [0.25, 0.3) is 0 Å². The van der Waals surface area contributed by atoms with Gasteiger partial charge in [0, 0.05) is 6.20 Å². The molecule has 1 aromatic rings. The summed E-state index contributed by atoms with van der Waals surface area (Å²) >= 11 is 0. The Morgan fingerprint density at radius 2 is 2.12 bits per heavy atom. The molecular weight excluding hydrogens is 202 g/mol. The van der Waals surface area contributed by atoms with Crippen molar-refractivity contribution in [3.8, 4) is 0 Å². The molecule has 0 aromatic carbocycles. The van der Waals surface area contributed by atoms with Crippen LogP contribution in [0.5, 0.6) is 0 Å². The van der Waals surface area contributed by atoms with E-state index in [0.717, 1.165) is 30.0 Å². The second kappa shape index (κ2) is 4.01. The van der Waals surface area contributed by atoms with Gasteiger partial charge in [-0.05, 0) is 20.3 Å². The molecule has 16 heavy (non-hydrogen) atoms. The Labute approximate surface area is 96.3 Å². The highest BCUT2D eigenvalue weighted by molar-refractivity contribution is 5.47. The maximum Gasteiger partial charge on any atom is 0.150 e. The Kier molecular flexibility index (Phi) is 2.84. The molecule has 0 unspecified atom stereocenters. The number of aliphatic hydroxyl groups is 1. The van der Waals surface area contributed by atoms with E-state index in [1.165, 1.54) is 0 Å². The normalized spacial score (nSPS) is 18.4. The molecule has 0 bridgehead atoms. The molecule has 2 heterocycles. The lowest BCUT2D eigenvalue weighted by molar-refractivity contribution is 0.00282. The minimum atomic E-state index is -0.507. The Bertz CT molecular complexity index is 386. The van der Waals surface area contributed by atoms with Gasteiger partial charge in [-0.3, -0.25) is 4.98 Å². The molecule has 0 radical (unpaired) electrons. The minimum absolute atomic E-state index is 0.507. The number of anilines is 1. The van der Waals surface area contributed by atoms with Gasteiger partial charge in [0.1, 0.15) is 0 Å². The average Bonchev–Trinajstić information content (AvgIpc) is 2.18. The van der Waals surface area contributed by atoms with E-state index in [1.54, 1.807) is 6.20 Å². The van der Waals surface area contributed by atoms with Gasteiger partial charge in [-0.1, -0.05) is 13.3 Å². The lowest BCUT2D eigenvalue weighted by Gasteiger charge is -2.47. The molecular formula is C12H19N3O. The predicted octanol–water partition coefficient (Wildman–Crippen LogP) is 1.44. The summed E-state index contributed by atoms with van der Waals surface area (Å²) in [4.78, 5) is 10.9. The third-order valence-corrected chi connectivity index (χ3v) is 3.04. The summed E-state index contributed by atoms with van der Waals surface area (Å²) in [6.45, 7) is 7.35. The fourth-order valence-electron chi connectivity index (χ4n) is 2.26. The number of nitrogens with zero attached hydrogens (tertiary/aromatic N) is 3. The Morgan fingerprint density at radius 1 is 1.44 bits per heavy atom. The van der Waals surface area contributed by atoms with E-state index < -0.39 is 5.60 Å². The second-order valence-electron chi connectivity index (χ2n) is 4.75. The number of hydrogen-bond donors (Lipinski definition) is 1. The molecule has 0 amide bonds. The lowest BCUT2D eigenvalue weighted by atomic mass is 9.89. The third kappa shape index (κ3) is 2.02. The lowest BCUT2D eigenvalue weighted by Crippen LogP contribution is -2.62. The molecule has 0 spiro atoms. The first-order valence-electron chi connectivity index (χ1n) is 5.82. The van der Waals surface area contributed by atoms with Crippen LogP contribution in [-0.2, 0) is 0 Å². The van der Waals surface area contributed by atoms with E-state index in [2.05, 4.69) is 21.8 Å². The van der Waals surface area contributed by atoms with Crippen LogP contribution >= 0.6 is 0 Å². The van der Waals surface area contributed by atoms with Gasteiger partial charge in [-0.25, -0.2) is 4.98 Å². The van der Waals surface area contributed by atoms with Crippen LogP contribution in [0.3, 0.4) is 0 Å². The van der Waals surface area contributed by atoms with E-state index in [0.29, 0.717) is 13.1 Å². The molecule has 1 aliphatic heterocycles. The van der Waals surface area contributed by atoms with Gasteiger partial charge in [0.05, 0.1) is 30.1 Å². The number of aromatic nitrogens is 2.